The average Bonchev–Trinajstić information content (AvgIpc) is 2.67. The summed E-state index contributed by atoms with van der Waals surface area (Å²) < 4.78 is 10.6. The van der Waals surface area contributed by atoms with E-state index in [-0.39, 0.29) is 17.9 Å². The van der Waals surface area contributed by atoms with Crippen LogP contribution in [0, 0.1) is 21.4 Å². The molecule has 0 aliphatic heterocycles. The van der Waals surface area contributed by atoms with Gasteiger partial charge >= 0.3 is 5.97 Å². The average molecular weight is 381 g/mol. The molecule has 0 amide bonds. The molecule has 0 radical (unpaired) electrons. The number of para-hydroxylation sites is 1. The van der Waals surface area contributed by atoms with E-state index in [1.165, 1.54) is 24.3 Å². The lowest BCUT2D eigenvalue weighted by atomic mass is 10.1. The Morgan fingerprint density at radius 2 is 2.04 bits per heavy atom. The highest BCUT2D eigenvalue weighted by Gasteiger charge is 2.21. The van der Waals surface area contributed by atoms with Gasteiger partial charge in [0.2, 0.25) is 0 Å². The molecule has 144 valence electrons. The third-order valence-corrected chi connectivity index (χ3v) is 3.61. The van der Waals surface area contributed by atoms with E-state index in [0.29, 0.717) is 17.2 Å². The minimum absolute atomic E-state index is 0.176. The normalized spacial score (nSPS) is 11.8. The third-order valence-electron chi connectivity index (χ3n) is 3.61. The molecule has 0 aliphatic carbocycles. The summed E-state index contributed by atoms with van der Waals surface area (Å²) in [6.45, 7) is 3.50. The van der Waals surface area contributed by atoms with E-state index in [1.54, 1.807) is 38.1 Å². The number of nitrogens with one attached hydrogen (secondary N) is 1. The number of nitro groups is 1. The Labute approximate surface area is 162 Å². The van der Waals surface area contributed by atoms with Crippen molar-refractivity contribution in [2.45, 2.75) is 19.9 Å². The monoisotopic (exact) mass is 381 g/mol. The Balaban J connectivity index is 2.38. The number of carbonyl (C=O) groups is 1. The van der Waals surface area contributed by atoms with Gasteiger partial charge in [-0.15, -0.1) is 0 Å². The summed E-state index contributed by atoms with van der Waals surface area (Å²) in [4.78, 5) is 22.2. The molecule has 1 N–H and O–H groups in total. The molecule has 8 nitrogen and oxygen atoms in total. The van der Waals surface area contributed by atoms with Gasteiger partial charge in [0.05, 0.1) is 17.6 Å². The van der Waals surface area contributed by atoms with Crippen LogP contribution in [-0.4, -0.2) is 17.5 Å². The van der Waals surface area contributed by atoms with Crippen molar-refractivity contribution in [3.05, 3.63) is 76.0 Å². The number of carbonyl (C=O) groups excluding carboxylic acids is 1. The number of benzene rings is 2. The molecule has 0 saturated carbocycles. The van der Waals surface area contributed by atoms with E-state index in [9.17, 15) is 20.2 Å². The van der Waals surface area contributed by atoms with Gasteiger partial charge in [-0.3, -0.25) is 10.1 Å². The Morgan fingerprint density at radius 3 is 2.64 bits per heavy atom. The highest BCUT2D eigenvalue weighted by molar-refractivity contribution is 5.82. The van der Waals surface area contributed by atoms with Gasteiger partial charge in [-0.2, -0.15) is 5.26 Å². The number of esters is 1. The van der Waals surface area contributed by atoms with Crippen LogP contribution in [0.2, 0.25) is 0 Å². The van der Waals surface area contributed by atoms with E-state index in [0.717, 1.165) is 0 Å². The first-order valence-electron chi connectivity index (χ1n) is 8.47. The van der Waals surface area contributed by atoms with Crippen LogP contribution in [0.3, 0.4) is 0 Å². The second-order valence-electron chi connectivity index (χ2n) is 5.68. The largest absolute Gasteiger partial charge is 0.463 e. The Morgan fingerprint density at radius 1 is 1.32 bits per heavy atom. The highest BCUT2D eigenvalue weighted by atomic mass is 16.6. The van der Waals surface area contributed by atoms with Gasteiger partial charge in [0.1, 0.15) is 17.5 Å². The highest BCUT2D eigenvalue weighted by Crippen LogP contribution is 2.33. The van der Waals surface area contributed by atoms with Crippen molar-refractivity contribution in [2.75, 3.05) is 6.61 Å². The van der Waals surface area contributed by atoms with Crippen molar-refractivity contribution in [1.82, 2.24) is 5.32 Å². The van der Waals surface area contributed by atoms with Gasteiger partial charge in [0.15, 0.2) is 0 Å². The predicted molar refractivity (Wildman–Crippen MR) is 101 cm³/mol. The number of rotatable bonds is 8. The van der Waals surface area contributed by atoms with Crippen LogP contribution in [0.1, 0.15) is 25.5 Å². The number of hydrogen-bond acceptors (Lipinski definition) is 7. The van der Waals surface area contributed by atoms with E-state index >= 15 is 0 Å². The lowest BCUT2D eigenvalue weighted by Crippen LogP contribution is -2.20. The van der Waals surface area contributed by atoms with Crippen molar-refractivity contribution in [1.29, 1.82) is 5.26 Å². The molecule has 28 heavy (non-hydrogen) atoms. The van der Waals surface area contributed by atoms with Crippen LogP contribution < -0.4 is 10.1 Å². The molecule has 0 spiro atoms. The predicted octanol–water partition coefficient (Wildman–Crippen LogP) is 4.01. The fraction of sp³-hybridized carbons (Fsp3) is 0.200. The molecule has 0 aromatic heterocycles. The molecule has 8 heteroatoms. The van der Waals surface area contributed by atoms with E-state index in [4.69, 9.17) is 9.47 Å². The fourth-order valence-electron chi connectivity index (χ4n) is 2.39. The lowest BCUT2D eigenvalue weighted by molar-refractivity contribution is -0.384. The summed E-state index contributed by atoms with van der Waals surface area (Å²) in [5.41, 5.74) is 0.476. The molecule has 0 heterocycles. The summed E-state index contributed by atoms with van der Waals surface area (Å²) in [6.07, 6.45) is 1.21. The SMILES string of the molecule is CCOC(=O)/C=C(\C)NC(C#N)c1cc([N+](=O)[O-])ccc1Oc1ccccc1. The molecular weight excluding hydrogens is 362 g/mol. The van der Waals surface area contributed by atoms with Crippen molar-refractivity contribution >= 4 is 11.7 Å². The van der Waals surface area contributed by atoms with Crippen molar-refractivity contribution < 1.29 is 19.2 Å². The maximum Gasteiger partial charge on any atom is 0.332 e. The molecule has 2 aromatic carbocycles. The third kappa shape index (κ3) is 5.57. The Hall–Kier alpha value is -3.86. The summed E-state index contributed by atoms with van der Waals surface area (Å²) >= 11 is 0. The van der Waals surface area contributed by atoms with Crippen LogP contribution in [-0.2, 0) is 9.53 Å². The van der Waals surface area contributed by atoms with Gasteiger partial charge in [0.25, 0.3) is 5.69 Å². The number of non-ortho nitro benzene ring substituents is 1. The fourth-order valence-corrected chi connectivity index (χ4v) is 2.39. The first-order chi connectivity index (χ1) is 13.4. The molecule has 2 aromatic rings. The van der Waals surface area contributed by atoms with Crippen molar-refractivity contribution in [2.24, 2.45) is 0 Å². The van der Waals surface area contributed by atoms with Crippen LogP contribution in [0.15, 0.2) is 60.3 Å². The van der Waals surface area contributed by atoms with Gasteiger partial charge in [0, 0.05) is 29.5 Å². The molecule has 1 unspecified atom stereocenters. The number of allylic oxidation sites excluding steroid dienone is 1. The number of hydrogen-bond donors (Lipinski definition) is 1. The van der Waals surface area contributed by atoms with Gasteiger partial charge in [-0.1, -0.05) is 18.2 Å². The summed E-state index contributed by atoms with van der Waals surface area (Å²) in [7, 11) is 0. The minimum atomic E-state index is -0.982. The molecule has 1 atom stereocenters. The summed E-state index contributed by atoms with van der Waals surface area (Å²) in [6, 6.07) is 13.9. The molecule has 0 bridgehead atoms. The minimum Gasteiger partial charge on any atom is -0.463 e. The first-order valence-corrected chi connectivity index (χ1v) is 8.47. The standard InChI is InChI=1S/C20H19N3O5/c1-3-27-20(24)11-14(2)22-18(13-21)17-12-15(23(25)26)9-10-19(17)28-16-7-5-4-6-8-16/h4-12,18,22H,3H2,1-2H3/b14-11+. The molecular formula is C20H19N3O5. The molecule has 2 rings (SSSR count). The lowest BCUT2D eigenvalue weighted by Gasteiger charge is -2.17. The van der Waals surface area contributed by atoms with E-state index < -0.39 is 16.9 Å². The zero-order valence-corrected chi connectivity index (χ0v) is 15.4. The zero-order chi connectivity index (χ0) is 20.5. The van der Waals surface area contributed by atoms with Crippen molar-refractivity contribution in [3.8, 4) is 17.6 Å². The van der Waals surface area contributed by atoms with E-state index in [1.807, 2.05) is 12.1 Å². The maximum atomic E-state index is 11.6. The summed E-state index contributed by atoms with van der Waals surface area (Å²) in [5.74, 6) is 0.261. The number of ether oxygens (including phenoxy) is 2. The first kappa shape index (κ1) is 20.5. The van der Waals surface area contributed by atoms with Gasteiger partial charge in [-0.25, -0.2) is 4.79 Å². The second-order valence-corrected chi connectivity index (χ2v) is 5.68. The van der Waals surface area contributed by atoms with Gasteiger partial charge in [-0.05, 0) is 32.0 Å². The number of nitriles is 1. The van der Waals surface area contributed by atoms with E-state index in [2.05, 4.69) is 5.32 Å². The second kappa shape index (κ2) is 9.73. The quantitative estimate of drug-likeness (QED) is 0.318. The van der Waals surface area contributed by atoms with Crippen molar-refractivity contribution in [3.63, 3.8) is 0 Å². The smallest absolute Gasteiger partial charge is 0.332 e. The Kier molecular flexibility index (Phi) is 7.11. The molecule has 0 saturated heterocycles. The Bertz CT molecular complexity index is 919. The number of nitro benzene ring substituents is 1. The molecule has 0 fully saturated rings. The van der Waals surface area contributed by atoms with Crippen LogP contribution in [0.5, 0.6) is 11.5 Å². The molecule has 0 aliphatic rings. The topological polar surface area (TPSA) is 114 Å². The van der Waals surface area contributed by atoms with Crippen LogP contribution >= 0.6 is 0 Å². The number of nitrogens with zero attached hydrogens (tertiary/aromatic N) is 2. The summed E-state index contributed by atoms with van der Waals surface area (Å²) in [5, 5.41) is 23.6. The van der Waals surface area contributed by atoms with Crippen LogP contribution in [0.4, 0.5) is 5.69 Å². The van der Waals surface area contributed by atoms with Crippen LogP contribution in [0.25, 0.3) is 0 Å². The zero-order valence-electron chi connectivity index (χ0n) is 15.4. The van der Waals surface area contributed by atoms with Gasteiger partial charge < -0.3 is 14.8 Å². The maximum absolute atomic E-state index is 11.6.